The fraction of sp³-hybridized carbons (Fsp3) is 0.654. The molecule has 0 fully saturated rings. The smallest absolute Gasteiger partial charge is 0.451 e. The van der Waals surface area contributed by atoms with Gasteiger partial charge in [0.05, 0.1) is 14.2 Å². The molecule has 0 amide bonds. The Morgan fingerprint density at radius 1 is 0.886 bits per heavy atom. The molecule has 262 valence electrons. The molecule has 18 heteroatoms. The van der Waals surface area contributed by atoms with Crippen molar-refractivity contribution < 1.29 is 61.5 Å². The maximum atomic E-state index is 11.6. The molecule has 0 saturated heterocycles. The lowest BCUT2D eigenvalue weighted by molar-refractivity contribution is -0.140. The van der Waals surface area contributed by atoms with Gasteiger partial charge in [0.1, 0.15) is 5.78 Å². The van der Waals surface area contributed by atoms with Crippen LogP contribution < -0.4 is 5.73 Å². The number of hydrogen-bond donors (Lipinski definition) is 2. The van der Waals surface area contributed by atoms with Crippen LogP contribution in [-0.2, 0) is 58.6 Å². The lowest BCUT2D eigenvalue weighted by Crippen LogP contribution is -2.32. The van der Waals surface area contributed by atoms with Crippen molar-refractivity contribution >= 4 is 48.8 Å². The van der Waals surface area contributed by atoms with Crippen molar-refractivity contribution in [2.45, 2.75) is 84.8 Å². The summed E-state index contributed by atoms with van der Waals surface area (Å²) in [5, 5.41) is -1.94. The van der Waals surface area contributed by atoms with Crippen LogP contribution in [0.4, 0.5) is 0 Å². The lowest BCUT2D eigenvalue weighted by Gasteiger charge is -2.11. The van der Waals surface area contributed by atoms with Gasteiger partial charge in [0.25, 0.3) is 10.1 Å². The number of ketones is 1. The molecule has 0 aromatic heterocycles. The highest BCUT2D eigenvalue weighted by atomic mass is 32.3. The molecule has 0 spiro atoms. The molecule has 0 aliphatic carbocycles. The number of hydrogen-bond acceptors (Lipinski definition) is 14. The minimum absolute atomic E-state index is 0.157. The van der Waals surface area contributed by atoms with Crippen LogP contribution >= 0.6 is 0 Å². The molecule has 0 heterocycles. The third-order valence-electron chi connectivity index (χ3n) is 4.33. The highest BCUT2D eigenvalue weighted by molar-refractivity contribution is 7.87. The van der Waals surface area contributed by atoms with Crippen LogP contribution in [0.3, 0.4) is 0 Å². The van der Waals surface area contributed by atoms with E-state index >= 15 is 0 Å². The molecule has 0 aromatic carbocycles. The molecule has 0 aromatic rings. The molecule has 15 nitrogen and oxygen atoms in total. The Balaban J connectivity index is -0.000000112. The lowest BCUT2D eigenvalue weighted by atomic mass is 9.93. The van der Waals surface area contributed by atoms with Gasteiger partial charge >= 0.3 is 32.9 Å². The average molecular weight is 698 g/mol. The summed E-state index contributed by atoms with van der Waals surface area (Å²) >= 11 is 0. The molecule has 44 heavy (non-hydrogen) atoms. The van der Waals surface area contributed by atoms with E-state index in [0.29, 0.717) is 25.2 Å². The standard InChI is InChI=1S/C12H20O.C5H10O8S2.C4H8O2.C3H7N.C2H6.O3S/c1-4-7-9-11(6-3)12(13)10-8-5-2;1-3-4(14(7,8)9)5(6)13-15(10,11)12-2;1-3-4(5)6-2;1-2-3-4;1-2;1-4(2)3/h4-5,11H,1-2,6-10H2,3H3;4H,3H2,1-2H3,(H,7,8,9);3H2,1-2H3;2H,1,3-4H2;1-2H3;. The van der Waals surface area contributed by atoms with E-state index in [2.05, 4.69) is 39.8 Å². The minimum Gasteiger partial charge on any atom is -0.469 e. The van der Waals surface area contributed by atoms with Crippen molar-refractivity contribution in [3.63, 3.8) is 0 Å². The first-order chi connectivity index (χ1) is 20.3. The van der Waals surface area contributed by atoms with Crippen LogP contribution in [-0.4, -0.2) is 77.8 Å². The first-order valence-corrected chi connectivity index (χ1v) is 17.1. The average Bonchev–Trinajstić information content (AvgIpc) is 2.96. The van der Waals surface area contributed by atoms with Gasteiger partial charge in [-0.05, 0) is 32.1 Å². The van der Waals surface area contributed by atoms with E-state index < -0.39 is 42.3 Å². The van der Waals surface area contributed by atoms with Crippen molar-refractivity contribution in [2.75, 3.05) is 20.8 Å². The molecule has 0 radical (unpaired) electrons. The van der Waals surface area contributed by atoms with Crippen LogP contribution in [0.15, 0.2) is 38.0 Å². The Morgan fingerprint density at radius 3 is 1.55 bits per heavy atom. The number of ether oxygens (including phenoxy) is 1. The Morgan fingerprint density at radius 2 is 1.32 bits per heavy atom. The maximum Gasteiger partial charge on any atom is 0.451 e. The van der Waals surface area contributed by atoms with Gasteiger partial charge in [-0.1, -0.05) is 52.8 Å². The van der Waals surface area contributed by atoms with Crippen molar-refractivity contribution in [3.8, 4) is 0 Å². The first-order valence-electron chi connectivity index (χ1n) is 13.2. The number of carbonyl (C=O) groups excluding carboxylic acids is 3. The molecule has 2 unspecified atom stereocenters. The van der Waals surface area contributed by atoms with Gasteiger partial charge in [-0.2, -0.15) is 16.8 Å². The number of nitrogens with two attached hydrogens (primary N) is 1. The molecule has 0 bridgehead atoms. The van der Waals surface area contributed by atoms with Gasteiger partial charge in [-0.15, -0.1) is 32.4 Å². The topological polar surface area (TPSA) is 245 Å². The second-order valence-corrected chi connectivity index (χ2v) is 10.6. The molecule has 0 aliphatic rings. The quantitative estimate of drug-likeness (QED) is 0.142. The number of esters is 1. The molecule has 2 atom stereocenters. The molecule has 3 N–H and O–H groups in total. The van der Waals surface area contributed by atoms with E-state index in [4.69, 9.17) is 22.9 Å². The zero-order chi connectivity index (χ0) is 36.4. The number of carbonyl (C=O) groups is 3. The number of rotatable bonds is 15. The number of methoxy groups -OCH3 is 1. The van der Waals surface area contributed by atoms with Gasteiger partial charge in [0.15, 0.2) is 5.25 Å². The van der Waals surface area contributed by atoms with E-state index in [-0.39, 0.29) is 18.3 Å². The predicted molar refractivity (Wildman–Crippen MR) is 168 cm³/mol. The highest BCUT2D eigenvalue weighted by Crippen LogP contribution is 2.15. The summed E-state index contributed by atoms with van der Waals surface area (Å²) in [5.74, 6) is -1.15. The van der Waals surface area contributed by atoms with Gasteiger partial charge in [0, 0.05) is 25.3 Å². The maximum absolute atomic E-state index is 11.6. The second-order valence-electron chi connectivity index (χ2n) is 7.31. The Kier molecular flexibility index (Phi) is 44.5. The summed E-state index contributed by atoms with van der Waals surface area (Å²) in [6.07, 6.45) is 9.79. The summed E-state index contributed by atoms with van der Waals surface area (Å²) in [6, 6.07) is 0. The van der Waals surface area contributed by atoms with Crippen LogP contribution in [0.1, 0.15) is 79.6 Å². The molecule has 0 aliphatic heterocycles. The van der Waals surface area contributed by atoms with Gasteiger partial charge in [-0.3, -0.25) is 14.1 Å². The van der Waals surface area contributed by atoms with Crippen LogP contribution in [0.25, 0.3) is 0 Å². The minimum atomic E-state index is -4.69. The first kappa shape index (κ1) is 53.8. The van der Waals surface area contributed by atoms with Crippen LogP contribution in [0.2, 0.25) is 0 Å². The summed E-state index contributed by atoms with van der Waals surface area (Å²) in [7, 11) is -10.2. The van der Waals surface area contributed by atoms with Crippen LogP contribution in [0.5, 0.6) is 0 Å². The highest BCUT2D eigenvalue weighted by Gasteiger charge is 2.34. The van der Waals surface area contributed by atoms with Gasteiger partial charge in [-0.25, -0.2) is 8.98 Å². The summed E-state index contributed by atoms with van der Waals surface area (Å²) in [6.45, 7) is 20.3. The van der Waals surface area contributed by atoms with Crippen molar-refractivity contribution in [2.24, 2.45) is 11.7 Å². The van der Waals surface area contributed by atoms with E-state index in [0.717, 1.165) is 32.8 Å². The van der Waals surface area contributed by atoms with E-state index in [9.17, 15) is 31.2 Å². The van der Waals surface area contributed by atoms with E-state index in [1.807, 2.05) is 19.9 Å². The fourth-order valence-corrected chi connectivity index (χ4v) is 3.35. The number of Topliss-reactive ketones (excluding diaryl/α,β-unsaturated/α-hetero) is 1. The zero-order valence-corrected chi connectivity index (χ0v) is 29.2. The largest absolute Gasteiger partial charge is 0.469 e. The zero-order valence-electron chi connectivity index (χ0n) is 26.7. The van der Waals surface area contributed by atoms with Gasteiger partial charge in [0.2, 0.25) is 0 Å². The predicted octanol–water partition coefficient (Wildman–Crippen LogP) is 3.32. The van der Waals surface area contributed by atoms with Crippen LogP contribution in [0, 0.1) is 5.92 Å². The van der Waals surface area contributed by atoms with Crippen molar-refractivity contribution in [1.82, 2.24) is 0 Å². The Bertz CT molecular complexity index is 1090. The Labute approximate surface area is 265 Å². The van der Waals surface area contributed by atoms with Gasteiger partial charge < -0.3 is 14.7 Å². The Hall–Kier alpha value is -2.77. The van der Waals surface area contributed by atoms with Crippen molar-refractivity contribution in [3.05, 3.63) is 38.0 Å². The monoisotopic (exact) mass is 697 g/mol. The van der Waals surface area contributed by atoms with E-state index in [1.165, 1.54) is 14.0 Å². The third-order valence-corrected chi connectivity index (χ3v) is 6.35. The van der Waals surface area contributed by atoms with E-state index in [1.54, 1.807) is 19.1 Å². The number of allylic oxidation sites excluding steroid dienone is 2. The summed E-state index contributed by atoms with van der Waals surface area (Å²) in [5.41, 5.74) is 4.91. The second kappa shape index (κ2) is 36.4. The van der Waals surface area contributed by atoms with Crippen molar-refractivity contribution in [1.29, 1.82) is 0 Å². The molecular formula is C26H51NO14S3. The summed E-state index contributed by atoms with van der Waals surface area (Å²) in [4.78, 5) is 32.5. The fourth-order valence-electron chi connectivity index (χ4n) is 2.19. The SMILES string of the molecule is C=CCCC(=O)C(CC)CCC=C.C=CCN.CC.CCC(=O)OC.CCC(C(=O)OS(=O)(=O)OC)S(=O)(=O)O.O=S(=O)=O. The normalized spacial score (nSPS) is 10.8. The molecular weight excluding hydrogens is 646 g/mol. The summed E-state index contributed by atoms with van der Waals surface area (Å²) < 4.78 is 88.1. The third kappa shape index (κ3) is 43.7. The molecule has 0 saturated carbocycles. The molecule has 0 rings (SSSR count).